The smallest absolute Gasteiger partial charge is 0.410 e. The standard InChI is InChI=1S/C22H49NO3SSi4/c1-11-25-22(24)23(20-18-26-21-15-13-12-14-19(20)21)16-17-27-31(28(2,3)4,29(5,6)7)30(8,9)10/h19-21H,11-18H2,1-10H3/t19-,20-,21-/m1/s1. The van der Waals surface area contributed by atoms with Crippen LogP contribution in [0.3, 0.4) is 0 Å². The van der Waals surface area contributed by atoms with E-state index < -0.39 is 28.6 Å². The lowest BCUT2D eigenvalue weighted by molar-refractivity contribution is 0.0662. The van der Waals surface area contributed by atoms with Crippen LogP contribution >= 0.6 is 11.2 Å². The van der Waals surface area contributed by atoms with E-state index in [0.29, 0.717) is 25.2 Å². The summed E-state index contributed by atoms with van der Waals surface area (Å²) in [7, 11) is -3.95. The van der Waals surface area contributed by atoms with Crippen LogP contribution in [0, 0.1) is 5.92 Å². The third-order valence-corrected chi connectivity index (χ3v) is 96.5. The van der Waals surface area contributed by atoms with Crippen molar-refractivity contribution >= 4 is 45.9 Å². The summed E-state index contributed by atoms with van der Waals surface area (Å²) in [6.07, 6.45) is 5.11. The van der Waals surface area contributed by atoms with Crippen molar-refractivity contribution in [3.8, 4) is 0 Å². The maximum atomic E-state index is 13.0. The third-order valence-electron chi connectivity index (χ3n) is 7.45. The summed E-state index contributed by atoms with van der Waals surface area (Å²) < 4.78 is 11.7. The van der Waals surface area contributed by atoms with Crippen LogP contribution in [0.4, 0.5) is 4.79 Å². The van der Waals surface area contributed by atoms with Crippen LogP contribution in [0.1, 0.15) is 32.6 Å². The lowest BCUT2D eigenvalue weighted by atomic mass is 9.83. The Morgan fingerprint density at radius 1 is 0.968 bits per heavy atom. The van der Waals surface area contributed by atoms with Gasteiger partial charge < -0.3 is 14.4 Å². The van der Waals surface area contributed by atoms with E-state index in [1.54, 1.807) is 0 Å². The van der Waals surface area contributed by atoms with E-state index >= 15 is 0 Å². The second-order valence-corrected chi connectivity index (χ2v) is 58.8. The number of fused-ring (bicyclic) bond motifs is 1. The van der Waals surface area contributed by atoms with E-state index in [4.69, 9.17) is 9.47 Å². The average Bonchev–Trinajstić information content (AvgIpc) is 3.02. The van der Waals surface area contributed by atoms with Crippen LogP contribution in [-0.4, -0.2) is 77.2 Å². The van der Waals surface area contributed by atoms with Gasteiger partial charge in [-0.2, -0.15) is 11.2 Å². The van der Waals surface area contributed by atoms with Crippen LogP contribution in [0.15, 0.2) is 0 Å². The van der Waals surface area contributed by atoms with Gasteiger partial charge in [-0.3, -0.25) is 0 Å². The highest BCUT2D eigenvalue weighted by atomic mass is 32.4. The van der Waals surface area contributed by atoms with Gasteiger partial charge in [-0.1, -0.05) is 71.8 Å². The quantitative estimate of drug-likeness (QED) is 0.334. The molecule has 0 bridgehead atoms. The number of rotatable bonds is 9. The molecule has 31 heavy (non-hydrogen) atoms. The van der Waals surface area contributed by atoms with Gasteiger partial charge in [0.05, 0.1) is 31.1 Å². The van der Waals surface area contributed by atoms with Crippen molar-refractivity contribution in [2.24, 2.45) is 5.92 Å². The number of amides is 1. The highest BCUT2D eigenvalue weighted by molar-refractivity contribution is 8.50. The molecule has 0 spiro atoms. The third kappa shape index (κ3) is 5.75. The summed E-state index contributed by atoms with van der Waals surface area (Å²) in [5.74, 6) is 0.0925. The molecular weight excluding hydrogens is 471 g/mol. The van der Waals surface area contributed by atoms with Crippen molar-refractivity contribution in [1.82, 2.24) is 4.90 Å². The maximum absolute atomic E-state index is 13.0. The molecule has 182 valence electrons. The summed E-state index contributed by atoms with van der Waals surface area (Å²) in [6.45, 7) is 27.6. The van der Waals surface area contributed by atoms with E-state index in [1.807, 2.05) is 6.92 Å². The van der Waals surface area contributed by atoms with Crippen molar-refractivity contribution in [2.45, 2.75) is 104 Å². The molecule has 1 saturated heterocycles. The van der Waals surface area contributed by atoms with Crippen molar-refractivity contribution in [2.75, 3.05) is 25.5 Å². The topological polar surface area (TPSA) is 38.8 Å². The Bertz CT molecular complexity index is 579. The van der Waals surface area contributed by atoms with Crippen LogP contribution in [0.2, 0.25) is 58.9 Å². The van der Waals surface area contributed by atoms with Crippen molar-refractivity contribution in [1.29, 1.82) is 0 Å². The lowest BCUT2D eigenvalue weighted by Crippen LogP contribution is -2.81. The monoisotopic (exact) mass is 519 g/mol. The van der Waals surface area contributed by atoms with E-state index in [0.717, 1.165) is 18.7 Å². The van der Waals surface area contributed by atoms with Crippen LogP contribution in [0.5, 0.6) is 0 Å². The Kier molecular flexibility index (Phi) is 9.27. The second kappa shape index (κ2) is 10.4. The molecule has 1 saturated carbocycles. The van der Waals surface area contributed by atoms with Gasteiger partial charge in [-0.25, -0.2) is 4.79 Å². The van der Waals surface area contributed by atoms with Crippen molar-refractivity contribution < 1.29 is 14.3 Å². The Balaban J connectivity index is 2.24. The van der Waals surface area contributed by atoms with Gasteiger partial charge in [-0.15, -0.1) is 0 Å². The van der Waals surface area contributed by atoms with Crippen LogP contribution < -0.4 is 0 Å². The average molecular weight is 520 g/mol. The van der Waals surface area contributed by atoms with Gasteiger partial charge in [0, 0.05) is 41.0 Å². The molecule has 0 N–H and O–H groups in total. The molecule has 0 aromatic heterocycles. The lowest BCUT2D eigenvalue weighted by Gasteiger charge is -2.56. The minimum atomic E-state index is -1.47. The summed E-state index contributed by atoms with van der Waals surface area (Å²) >= 11 is 2.38. The molecule has 1 aliphatic carbocycles. The number of hydrogen-bond donors (Lipinski definition) is 0. The fraction of sp³-hybridized carbons (Fsp3) is 0.955. The Morgan fingerprint density at radius 3 is 2.03 bits per heavy atom. The molecule has 1 amide bonds. The maximum Gasteiger partial charge on any atom is 0.410 e. The predicted molar refractivity (Wildman–Crippen MR) is 147 cm³/mol. The first-order chi connectivity index (χ1) is 14.2. The molecule has 1 aliphatic heterocycles. The fourth-order valence-electron chi connectivity index (χ4n) is 7.36. The SMILES string of the molecule is CCOC(=O)N(CCS[Si]([Si](C)(C)C)([Si](C)(C)C)[Si](C)(C)C)[C@@H]1CO[C@@H]2CCCC[C@H]12. The number of carbonyl (C=O) groups excluding carboxylic acids is 1. The summed E-state index contributed by atoms with van der Waals surface area (Å²) in [6, 6.07) is 0.201. The van der Waals surface area contributed by atoms with Gasteiger partial charge in [-0.05, 0) is 19.8 Å². The largest absolute Gasteiger partial charge is 0.450 e. The Labute approximate surface area is 199 Å². The van der Waals surface area contributed by atoms with E-state index in [-0.39, 0.29) is 12.1 Å². The second-order valence-electron chi connectivity index (χ2n) is 12.6. The molecular formula is C22H49NO3SSi4. The molecule has 0 unspecified atom stereocenters. The highest BCUT2D eigenvalue weighted by Crippen LogP contribution is 2.45. The molecule has 4 nitrogen and oxygen atoms in total. The molecule has 0 radical (unpaired) electrons. The minimum absolute atomic E-state index is 0.121. The Hall–Kier alpha value is 0.448. The van der Waals surface area contributed by atoms with Crippen LogP contribution in [-0.2, 0) is 9.47 Å². The molecule has 9 heteroatoms. The molecule has 3 atom stereocenters. The molecule has 2 fully saturated rings. The van der Waals surface area contributed by atoms with Gasteiger partial charge in [0.15, 0.2) is 0 Å². The first kappa shape index (κ1) is 27.7. The van der Waals surface area contributed by atoms with Gasteiger partial charge in [0.1, 0.15) is 0 Å². The highest BCUT2D eigenvalue weighted by Gasteiger charge is 2.62. The molecule has 0 aromatic carbocycles. The fourth-order valence-corrected chi connectivity index (χ4v) is 117. The molecule has 2 rings (SSSR count). The number of nitrogens with zero attached hydrogens (tertiary/aromatic N) is 1. The zero-order valence-electron chi connectivity index (χ0n) is 22.0. The van der Waals surface area contributed by atoms with Gasteiger partial charge >= 0.3 is 6.09 Å². The zero-order chi connectivity index (χ0) is 23.7. The zero-order valence-corrected chi connectivity index (χ0v) is 26.8. The van der Waals surface area contributed by atoms with E-state index in [9.17, 15) is 4.79 Å². The summed E-state index contributed by atoms with van der Waals surface area (Å²) in [4.78, 5) is 15.1. The number of ether oxygens (including phenoxy) is 2. The summed E-state index contributed by atoms with van der Waals surface area (Å²) in [5.41, 5.74) is 0. The van der Waals surface area contributed by atoms with Gasteiger partial charge in [0.2, 0.25) is 0 Å². The summed E-state index contributed by atoms with van der Waals surface area (Å²) in [5, 5.41) is 0. The first-order valence-electron chi connectivity index (χ1n) is 12.4. The molecule has 0 aromatic rings. The Morgan fingerprint density at radius 2 is 1.52 bits per heavy atom. The van der Waals surface area contributed by atoms with Crippen molar-refractivity contribution in [3.05, 3.63) is 0 Å². The van der Waals surface area contributed by atoms with Crippen molar-refractivity contribution in [3.63, 3.8) is 0 Å². The normalized spacial score (nSPS) is 25.3. The predicted octanol–water partition coefficient (Wildman–Crippen LogP) is 6.33. The first-order valence-corrected chi connectivity index (χ1v) is 29.6. The van der Waals surface area contributed by atoms with Gasteiger partial charge in [0.25, 0.3) is 0 Å². The van der Waals surface area contributed by atoms with Crippen LogP contribution in [0.25, 0.3) is 0 Å². The van der Waals surface area contributed by atoms with E-state index in [1.165, 1.54) is 19.3 Å². The molecule has 1 heterocycles. The van der Waals surface area contributed by atoms with E-state index in [2.05, 4.69) is 75.0 Å². The minimum Gasteiger partial charge on any atom is -0.450 e. The number of hydrogen-bond acceptors (Lipinski definition) is 4. The molecule has 2 aliphatic rings. The number of carbonyl (C=O) groups is 1.